The Bertz CT molecular complexity index is 549. The lowest BCUT2D eigenvalue weighted by Gasteiger charge is -2.39. The maximum absolute atomic E-state index is 12.2. The third-order valence-electron chi connectivity index (χ3n) is 4.20. The summed E-state index contributed by atoms with van der Waals surface area (Å²) < 4.78 is 7.27. The molecule has 1 N–H and O–H groups in total. The molecule has 1 aromatic rings. The van der Waals surface area contributed by atoms with Gasteiger partial charge in [0, 0.05) is 25.2 Å². The summed E-state index contributed by atoms with van der Waals surface area (Å²) in [7, 11) is 0. The zero-order chi connectivity index (χ0) is 14.9. The molecule has 0 bridgehead atoms. The maximum Gasteiger partial charge on any atom is 0.268 e. The summed E-state index contributed by atoms with van der Waals surface area (Å²) in [5.74, 6) is 0. The Labute approximate surface area is 125 Å². The van der Waals surface area contributed by atoms with E-state index < -0.39 is 0 Å². The molecule has 6 nitrogen and oxygen atoms in total. The van der Waals surface area contributed by atoms with E-state index in [2.05, 4.69) is 29.2 Å². The van der Waals surface area contributed by atoms with Crippen LogP contribution in [0.4, 0.5) is 5.69 Å². The largest absolute Gasteiger partial charge is 0.372 e. The topological polar surface area (TPSA) is 59.4 Å². The van der Waals surface area contributed by atoms with E-state index in [1.165, 1.54) is 6.42 Å². The first-order valence-corrected chi connectivity index (χ1v) is 7.73. The smallest absolute Gasteiger partial charge is 0.268 e. The summed E-state index contributed by atoms with van der Waals surface area (Å²) in [6, 6.07) is 2.08. The average molecular weight is 292 g/mol. The summed E-state index contributed by atoms with van der Waals surface area (Å²) in [6.45, 7) is 8.11. The van der Waals surface area contributed by atoms with E-state index in [1.807, 2.05) is 0 Å². The fourth-order valence-electron chi connectivity index (χ4n) is 3.09. The maximum atomic E-state index is 12.2. The van der Waals surface area contributed by atoms with Crippen LogP contribution in [-0.2, 0) is 11.3 Å². The van der Waals surface area contributed by atoms with Gasteiger partial charge in [0.15, 0.2) is 0 Å². The van der Waals surface area contributed by atoms with E-state index >= 15 is 0 Å². The van der Waals surface area contributed by atoms with Crippen LogP contribution >= 0.6 is 0 Å². The summed E-state index contributed by atoms with van der Waals surface area (Å²) in [5.41, 5.74) is 0.693. The van der Waals surface area contributed by atoms with E-state index in [0.29, 0.717) is 19.2 Å². The van der Waals surface area contributed by atoms with Crippen LogP contribution in [0.2, 0.25) is 0 Å². The molecule has 2 fully saturated rings. The van der Waals surface area contributed by atoms with Crippen LogP contribution in [0.3, 0.4) is 0 Å². The molecule has 2 aliphatic rings. The molecule has 0 aliphatic carbocycles. The third-order valence-corrected chi connectivity index (χ3v) is 4.20. The van der Waals surface area contributed by atoms with Crippen molar-refractivity contribution in [2.24, 2.45) is 0 Å². The highest BCUT2D eigenvalue weighted by molar-refractivity contribution is 5.43. The predicted octanol–water partition coefficient (Wildman–Crippen LogP) is 0.611. The molecule has 3 rings (SSSR count). The highest BCUT2D eigenvalue weighted by atomic mass is 16.5. The van der Waals surface area contributed by atoms with Gasteiger partial charge in [-0.1, -0.05) is 0 Å². The first kappa shape index (κ1) is 14.5. The van der Waals surface area contributed by atoms with Crippen LogP contribution in [0.25, 0.3) is 0 Å². The van der Waals surface area contributed by atoms with Gasteiger partial charge in [-0.3, -0.25) is 4.79 Å². The lowest BCUT2D eigenvalue weighted by Crippen LogP contribution is -2.48. The number of aromatic nitrogens is 2. The number of nitrogens with zero attached hydrogens (tertiary/aromatic N) is 3. The van der Waals surface area contributed by atoms with Gasteiger partial charge in [0.05, 0.1) is 30.6 Å². The number of rotatable bonds is 3. The number of morpholine rings is 1. The van der Waals surface area contributed by atoms with E-state index in [0.717, 1.165) is 31.7 Å². The fraction of sp³-hybridized carbons (Fsp3) is 0.733. The van der Waals surface area contributed by atoms with Gasteiger partial charge >= 0.3 is 0 Å². The van der Waals surface area contributed by atoms with Gasteiger partial charge in [-0.2, -0.15) is 5.10 Å². The molecule has 1 aromatic heterocycles. The Hall–Kier alpha value is -1.40. The molecule has 21 heavy (non-hydrogen) atoms. The van der Waals surface area contributed by atoms with Gasteiger partial charge in [-0.05, 0) is 33.2 Å². The van der Waals surface area contributed by atoms with Gasteiger partial charge in [-0.15, -0.1) is 0 Å². The van der Waals surface area contributed by atoms with Crippen molar-refractivity contribution in [3.63, 3.8) is 0 Å². The molecule has 3 heterocycles. The lowest BCUT2D eigenvalue weighted by atomic mass is 10.1. The lowest BCUT2D eigenvalue weighted by molar-refractivity contribution is -0.0277. The van der Waals surface area contributed by atoms with Gasteiger partial charge < -0.3 is 15.0 Å². The van der Waals surface area contributed by atoms with Crippen LogP contribution in [0.5, 0.6) is 0 Å². The molecule has 0 radical (unpaired) electrons. The van der Waals surface area contributed by atoms with E-state index in [9.17, 15) is 4.79 Å². The van der Waals surface area contributed by atoms with Gasteiger partial charge in [0.2, 0.25) is 0 Å². The highest BCUT2D eigenvalue weighted by Gasteiger charge is 2.27. The fourth-order valence-corrected chi connectivity index (χ4v) is 3.09. The second-order valence-electron chi connectivity index (χ2n) is 6.56. The predicted molar refractivity (Wildman–Crippen MR) is 81.8 cm³/mol. The quantitative estimate of drug-likeness (QED) is 0.884. The van der Waals surface area contributed by atoms with Crippen LogP contribution in [-0.4, -0.2) is 47.7 Å². The zero-order valence-corrected chi connectivity index (χ0v) is 12.8. The first-order chi connectivity index (χ1) is 10.0. The van der Waals surface area contributed by atoms with Crippen LogP contribution in [0, 0.1) is 0 Å². The standard InChI is InChI=1S/C15H24N4O2/c1-15(2)11-18(6-7-21-15)13-8-14(20)19(17-9-13)10-12-4-3-5-16-12/h8-9,12,16H,3-7,10-11H2,1-2H3/t12-/m1/s1. The highest BCUT2D eigenvalue weighted by Crippen LogP contribution is 2.21. The number of nitrogens with one attached hydrogen (secondary N) is 1. The number of hydrogen-bond donors (Lipinski definition) is 1. The Morgan fingerprint density at radius 1 is 1.52 bits per heavy atom. The molecule has 2 saturated heterocycles. The van der Waals surface area contributed by atoms with Gasteiger partial charge in [0.1, 0.15) is 0 Å². The Morgan fingerprint density at radius 3 is 3.05 bits per heavy atom. The molecular weight excluding hydrogens is 268 g/mol. The second kappa shape index (κ2) is 5.77. The van der Waals surface area contributed by atoms with Crippen molar-refractivity contribution in [2.75, 3.05) is 31.1 Å². The minimum Gasteiger partial charge on any atom is -0.372 e. The summed E-state index contributed by atoms with van der Waals surface area (Å²) in [5, 5.41) is 7.74. The van der Waals surface area contributed by atoms with Crippen LogP contribution < -0.4 is 15.8 Å². The molecule has 116 valence electrons. The monoisotopic (exact) mass is 292 g/mol. The summed E-state index contributed by atoms with van der Waals surface area (Å²) in [6.07, 6.45) is 4.10. The van der Waals surface area contributed by atoms with Crippen molar-refractivity contribution < 1.29 is 4.74 Å². The molecule has 0 saturated carbocycles. The summed E-state index contributed by atoms with van der Waals surface area (Å²) >= 11 is 0. The van der Waals surface area contributed by atoms with Crippen LogP contribution in [0.1, 0.15) is 26.7 Å². The van der Waals surface area contributed by atoms with E-state index in [-0.39, 0.29) is 11.2 Å². The van der Waals surface area contributed by atoms with Crippen molar-refractivity contribution in [3.8, 4) is 0 Å². The van der Waals surface area contributed by atoms with Crippen molar-refractivity contribution in [1.82, 2.24) is 15.1 Å². The summed E-state index contributed by atoms with van der Waals surface area (Å²) in [4.78, 5) is 14.4. The number of hydrogen-bond acceptors (Lipinski definition) is 5. The Kier molecular flexibility index (Phi) is 3.99. The third kappa shape index (κ3) is 3.44. The SMILES string of the molecule is CC1(C)CN(c2cnn(C[C@H]3CCCN3)c(=O)c2)CCO1. The molecule has 0 amide bonds. The van der Waals surface area contributed by atoms with Gasteiger partial charge in [0.25, 0.3) is 5.56 Å². The molecule has 6 heteroatoms. The molecule has 0 spiro atoms. The van der Waals surface area contributed by atoms with Crippen molar-refractivity contribution >= 4 is 5.69 Å². The van der Waals surface area contributed by atoms with Crippen LogP contribution in [0.15, 0.2) is 17.1 Å². The average Bonchev–Trinajstić information content (AvgIpc) is 2.93. The molecule has 0 unspecified atom stereocenters. The normalized spacial score (nSPS) is 25.2. The van der Waals surface area contributed by atoms with E-state index in [1.54, 1.807) is 16.9 Å². The van der Waals surface area contributed by atoms with Crippen molar-refractivity contribution in [3.05, 3.63) is 22.6 Å². The zero-order valence-electron chi connectivity index (χ0n) is 12.8. The van der Waals surface area contributed by atoms with E-state index in [4.69, 9.17) is 4.74 Å². The molecule has 2 aliphatic heterocycles. The van der Waals surface area contributed by atoms with Crippen molar-refractivity contribution in [2.45, 2.75) is 44.9 Å². The molecular formula is C15H24N4O2. The second-order valence-corrected chi connectivity index (χ2v) is 6.56. The number of ether oxygens (including phenoxy) is 1. The first-order valence-electron chi connectivity index (χ1n) is 7.73. The molecule has 1 atom stereocenters. The Morgan fingerprint density at radius 2 is 2.38 bits per heavy atom. The number of anilines is 1. The van der Waals surface area contributed by atoms with Gasteiger partial charge in [-0.25, -0.2) is 4.68 Å². The minimum atomic E-state index is -0.180. The Balaban J connectivity index is 1.73. The minimum absolute atomic E-state index is 0.0227. The van der Waals surface area contributed by atoms with Crippen molar-refractivity contribution in [1.29, 1.82) is 0 Å². The molecule has 0 aromatic carbocycles.